The molecule has 0 bridgehead atoms. The van der Waals surface area contributed by atoms with Crippen LogP contribution in [0.15, 0.2) is 0 Å². The molecule has 3 N–H and O–H groups in total. The van der Waals surface area contributed by atoms with E-state index in [1.807, 2.05) is 7.11 Å². The van der Waals surface area contributed by atoms with Crippen LogP contribution < -0.4 is 5.73 Å². The van der Waals surface area contributed by atoms with E-state index in [4.69, 9.17) is 10.5 Å². The zero-order valence-corrected chi connectivity index (χ0v) is 15.9. The molecule has 4 heteroatoms. The molecular formula is C21H35NO3. The summed E-state index contributed by atoms with van der Waals surface area (Å²) in [6, 6.07) is 0. The Bertz CT molecular complexity index is 551. The maximum Gasteiger partial charge on any atom is 0.139 e. The number of methoxy groups -OCH3 is 1. The minimum absolute atomic E-state index is 0.153. The van der Waals surface area contributed by atoms with Crippen LogP contribution in [0.25, 0.3) is 0 Å². The average molecular weight is 350 g/mol. The van der Waals surface area contributed by atoms with Gasteiger partial charge in [0.25, 0.3) is 0 Å². The summed E-state index contributed by atoms with van der Waals surface area (Å²) in [4.78, 5) is 12.6. The molecule has 0 radical (unpaired) electrons. The van der Waals surface area contributed by atoms with Gasteiger partial charge in [0, 0.05) is 36.5 Å². The van der Waals surface area contributed by atoms with Crippen molar-refractivity contribution in [3.63, 3.8) is 0 Å². The summed E-state index contributed by atoms with van der Waals surface area (Å²) in [5, 5.41) is 9.67. The fourth-order valence-corrected chi connectivity index (χ4v) is 7.82. The van der Waals surface area contributed by atoms with Gasteiger partial charge in [-0.3, -0.25) is 4.79 Å². The van der Waals surface area contributed by atoms with E-state index in [1.54, 1.807) is 0 Å². The molecule has 7 atom stereocenters. The van der Waals surface area contributed by atoms with Crippen LogP contribution in [-0.4, -0.2) is 36.8 Å². The van der Waals surface area contributed by atoms with Crippen LogP contribution in [0.2, 0.25) is 0 Å². The maximum atomic E-state index is 12.6. The van der Waals surface area contributed by atoms with Crippen molar-refractivity contribution in [2.24, 2.45) is 40.2 Å². The molecule has 4 aliphatic carbocycles. The topological polar surface area (TPSA) is 72.6 Å². The fraction of sp³-hybridized carbons (Fsp3) is 0.952. The van der Waals surface area contributed by atoms with Gasteiger partial charge in [-0.15, -0.1) is 0 Å². The van der Waals surface area contributed by atoms with Crippen molar-refractivity contribution in [2.45, 2.75) is 70.3 Å². The number of aliphatic hydroxyl groups is 1. The number of nitrogens with two attached hydrogens (primary N) is 1. The molecule has 7 unspecified atom stereocenters. The van der Waals surface area contributed by atoms with E-state index in [0.717, 1.165) is 64.4 Å². The van der Waals surface area contributed by atoms with Gasteiger partial charge >= 0.3 is 0 Å². The predicted octanol–water partition coefficient (Wildman–Crippen LogP) is 2.91. The van der Waals surface area contributed by atoms with Crippen molar-refractivity contribution in [1.29, 1.82) is 0 Å². The lowest BCUT2D eigenvalue weighted by molar-refractivity contribution is -0.164. The van der Waals surface area contributed by atoms with Crippen LogP contribution in [0.5, 0.6) is 0 Å². The monoisotopic (exact) mass is 349 g/mol. The second-order valence-electron chi connectivity index (χ2n) is 9.86. The van der Waals surface area contributed by atoms with Crippen LogP contribution in [0.1, 0.15) is 64.7 Å². The van der Waals surface area contributed by atoms with Gasteiger partial charge < -0.3 is 15.6 Å². The summed E-state index contributed by atoms with van der Waals surface area (Å²) < 4.78 is 5.78. The highest BCUT2D eigenvalue weighted by atomic mass is 16.5. The minimum Gasteiger partial charge on any atom is -0.396 e. The van der Waals surface area contributed by atoms with Gasteiger partial charge in [-0.1, -0.05) is 6.92 Å². The molecule has 0 aromatic heterocycles. The molecule has 0 saturated heterocycles. The third kappa shape index (κ3) is 2.33. The Morgan fingerprint density at radius 1 is 1.16 bits per heavy atom. The highest BCUT2D eigenvalue weighted by molar-refractivity contribution is 5.87. The molecule has 25 heavy (non-hydrogen) atoms. The highest BCUT2D eigenvalue weighted by Crippen LogP contribution is 2.66. The Balaban J connectivity index is 1.70. The average Bonchev–Trinajstić information content (AvgIpc) is 2.91. The SMILES string of the molecule is COCC12CCC(CO)CC1CCC1(N)C3CCC(=O)C3(C)CCC12. The lowest BCUT2D eigenvalue weighted by Gasteiger charge is -2.65. The lowest BCUT2D eigenvalue weighted by Crippen LogP contribution is -2.69. The van der Waals surface area contributed by atoms with Crippen LogP contribution >= 0.6 is 0 Å². The largest absolute Gasteiger partial charge is 0.396 e. The lowest BCUT2D eigenvalue weighted by atomic mass is 9.41. The predicted molar refractivity (Wildman–Crippen MR) is 96.9 cm³/mol. The van der Waals surface area contributed by atoms with Gasteiger partial charge in [0.2, 0.25) is 0 Å². The third-order valence-electron chi connectivity index (χ3n) is 9.06. The quantitative estimate of drug-likeness (QED) is 0.822. The molecule has 0 aliphatic heterocycles. The molecule has 4 nitrogen and oxygen atoms in total. The molecule has 4 rings (SSSR count). The number of fused-ring (bicyclic) bond motifs is 5. The molecule has 0 heterocycles. The van der Waals surface area contributed by atoms with Crippen molar-refractivity contribution < 1.29 is 14.6 Å². The zero-order valence-electron chi connectivity index (χ0n) is 15.9. The summed E-state index contributed by atoms with van der Waals surface area (Å²) in [6.07, 6.45) is 9.28. The van der Waals surface area contributed by atoms with Crippen molar-refractivity contribution in [3.8, 4) is 0 Å². The van der Waals surface area contributed by atoms with Crippen molar-refractivity contribution in [1.82, 2.24) is 0 Å². The van der Waals surface area contributed by atoms with Gasteiger partial charge in [0.1, 0.15) is 5.78 Å². The minimum atomic E-state index is -0.208. The van der Waals surface area contributed by atoms with E-state index in [2.05, 4.69) is 6.92 Å². The first kappa shape index (κ1) is 17.9. The number of rotatable bonds is 3. The Kier molecular flexibility index (Phi) is 4.33. The maximum absolute atomic E-state index is 12.6. The Labute approximate surface area is 151 Å². The Morgan fingerprint density at radius 3 is 2.68 bits per heavy atom. The molecule has 0 amide bonds. The van der Waals surface area contributed by atoms with Crippen LogP contribution in [-0.2, 0) is 9.53 Å². The van der Waals surface area contributed by atoms with Gasteiger partial charge in [-0.25, -0.2) is 0 Å². The fourth-order valence-electron chi connectivity index (χ4n) is 7.82. The number of hydrogen-bond donors (Lipinski definition) is 2. The van der Waals surface area contributed by atoms with Crippen LogP contribution in [0.4, 0.5) is 0 Å². The summed E-state index contributed by atoms with van der Waals surface area (Å²) in [6.45, 7) is 3.29. The van der Waals surface area contributed by atoms with E-state index in [9.17, 15) is 9.90 Å². The van der Waals surface area contributed by atoms with E-state index in [0.29, 0.717) is 36.1 Å². The molecule has 4 fully saturated rings. The van der Waals surface area contributed by atoms with Crippen LogP contribution in [0, 0.1) is 34.5 Å². The summed E-state index contributed by atoms with van der Waals surface area (Å²) >= 11 is 0. The van der Waals surface area contributed by atoms with E-state index >= 15 is 0 Å². The first-order chi connectivity index (χ1) is 11.9. The normalized spacial score (nSPS) is 52.4. The second kappa shape index (κ2) is 6.03. The third-order valence-corrected chi connectivity index (χ3v) is 9.06. The Hall–Kier alpha value is -0.450. The van der Waals surface area contributed by atoms with Crippen molar-refractivity contribution >= 4 is 5.78 Å². The standard InChI is InChI=1S/C21H35NO3/c1-19-8-7-17-20(13-25-2)9-5-14(12-23)11-15(20)6-10-21(17,22)16(19)3-4-18(19)24/h14-17,23H,3-13,22H2,1-2H3. The summed E-state index contributed by atoms with van der Waals surface area (Å²) in [5.74, 6) is 2.31. The second-order valence-corrected chi connectivity index (χ2v) is 9.86. The van der Waals surface area contributed by atoms with Gasteiger partial charge in [0.15, 0.2) is 0 Å². The number of ketones is 1. The van der Waals surface area contributed by atoms with Gasteiger partial charge in [-0.2, -0.15) is 0 Å². The van der Waals surface area contributed by atoms with Gasteiger partial charge in [-0.05, 0) is 75.0 Å². The molecule has 4 aliphatic rings. The highest BCUT2D eigenvalue weighted by Gasteiger charge is 2.66. The molecule has 0 aromatic carbocycles. The van der Waals surface area contributed by atoms with Gasteiger partial charge in [0.05, 0.1) is 6.61 Å². The van der Waals surface area contributed by atoms with Crippen molar-refractivity contribution in [3.05, 3.63) is 0 Å². The molecule has 0 spiro atoms. The number of carbonyl (C=O) groups is 1. The molecule has 142 valence electrons. The number of Topliss-reactive ketones (excluding diaryl/α,β-unsaturated/α-hetero) is 1. The van der Waals surface area contributed by atoms with Crippen LogP contribution in [0.3, 0.4) is 0 Å². The number of hydrogen-bond acceptors (Lipinski definition) is 4. The number of carbonyl (C=O) groups excluding carboxylic acids is 1. The smallest absolute Gasteiger partial charge is 0.139 e. The number of aliphatic hydroxyl groups excluding tert-OH is 1. The zero-order chi connectivity index (χ0) is 17.9. The summed E-state index contributed by atoms with van der Waals surface area (Å²) in [5.41, 5.74) is 6.99. The Morgan fingerprint density at radius 2 is 1.96 bits per heavy atom. The first-order valence-electron chi connectivity index (χ1n) is 10.3. The van der Waals surface area contributed by atoms with E-state index in [-0.39, 0.29) is 16.4 Å². The van der Waals surface area contributed by atoms with Crippen molar-refractivity contribution in [2.75, 3.05) is 20.3 Å². The molecule has 4 saturated carbocycles. The van der Waals surface area contributed by atoms with E-state index in [1.165, 1.54) is 0 Å². The first-order valence-corrected chi connectivity index (χ1v) is 10.3. The summed E-state index contributed by atoms with van der Waals surface area (Å²) in [7, 11) is 1.82. The van der Waals surface area contributed by atoms with E-state index < -0.39 is 0 Å². The molecular weight excluding hydrogens is 314 g/mol. The molecule has 0 aromatic rings. The number of ether oxygens (including phenoxy) is 1.